The summed E-state index contributed by atoms with van der Waals surface area (Å²) in [6, 6.07) is 0. The first-order valence-corrected chi connectivity index (χ1v) is 6.39. The van der Waals surface area contributed by atoms with Crippen molar-refractivity contribution in [3.8, 4) is 0 Å². The summed E-state index contributed by atoms with van der Waals surface area (Å²) >= 11 is 0. The third kappa shape index (κ3) is 3.04. The highest BCUT2D eigenvalue weighted by molar-refractivity contribution is 5.82. The van der Waals surface area contributed by atoms with E-state index in [4.69, 9.17) is 0 Å². The zero-order valence-corrected chi connectivity index (χ0v) is 10.1. The van der Waals surface area contributed by atoms with Gasteiger partial charge < -0.3 is 5.11 Å². The van der Waals surface area contributed by atoms with Gasteiger partial charge in [0.15, 0.2) is 0 Å². The molecule has 1 aliphatic rings. The summed E-state index contributed by atoms with van der Waals surface area (Å²) in [7, 11) is 0. The van der Waals surface area contributed by atoms with Crippen LogP contribution in [0.1, 0.15) is 65.2 Å². The molecule has 2 nitrogen and oxygen atoms in total. The standard InChI is InChI=1S/C13H24O2/c1-3-9-13(15,10-4-2)11-7-5-6-8-12(11)14/h11,15H,3-10H2,1-2H3. The molecule has 1 fully saturated rings. The molecule has 0 aromatic carbocycles. The maximum atomic E-state index is 11.8. The smallest absolute Gasteiger partial charge is 0.138 e. The van der Waals surface area contributed by atoms with Crippen molar-refractivity contribution < 1.29 is 9.90 Å². The fraction of sp³-hybridized carbons (Fsp3) is 0.923. The van der Waals surface area contributed by atoms with Gasteiger partial charge in [-0.2, -0.15) is 0 Å². The Morgan fingerprint density at radius 2 is 1.87 bits per heavy atom. The second-order valence-corrected chi connectivity index (χ2v) is 4.87. The van der Waals surface area contributed by atoms with Crippen LogP contribution in [0.25, 0.3) is 0 Å². The Kier molecular flexibility index (Phi) is 4.78. The third-order valence-corrected chi connectivity index (χ3v) is 3.57. The lowest BCUT2D eigenvalue weighted by Gasteiger charge is -2.37. The normalized spacial score (nSPS) is 23.1. The molecule has 0 amide bonds. The quantitative estimate of drug-likeness (QED) is 0.760. The number of rotatable bonds is 5. The average Bonchev–Trinajstić information content (AvgIpc) is 2.19. The lowest BCUT2D eigenvalue weighted by Crippen LogP contribution is -2.43. The van der Waals surface area contributed by atoms with E-state index in [0.717, 1.165) is 44.9 Å². The van der Waals surface area contributed by atoms with Crippen LogP contribution in [0.15, 0.2) is 0 Å². The van der Waals surface area contributed by atoms with E-state index in [0.29, 0.717) is 12.2 Å². The summed E-state index contributed by atoms with van der Waals surface area (Å²) in [4.78, 5) is 11.8. The van der Waals surface area contributed by atoms with Crippen molar-refractivity contribution in [1.82, 2.24) is 0 Å². The van der Waals surface area contributed by atoms with Crippen LogP contribution in [0.3, 0.4) is 0 Å². The van der Waals surface area contributed by atoms with Gasteiger partial charge in [0.2, 0.25) is 0 Å². The molecule has 0 bridgehead atoms. The molecule has 1 unspecified atom stereocenters. The van der Waals surface area contributed by atoms with Crippen LogP contribution >= 0.6 is 0 Å². The van der Waals surface area contributed by atoms with Crippen LogP contribution in [-0.2, 0) is 4.79 Å². The number of carbonyl (C=O) groups excluding carboxylic acids is 1. The maximum absolute atomic E-state index is 11.8. The predicted octanol–water partition coefficient (Wildman–Crippen LogP) is 3.08. The van der Waals surface area contributed by atoms with Gasteiger partial charge in [-0.15, -0.1) is 0 Å². The van der Waals surface area contributed by atoms with E-state index < -0.39 is 5.60 Å². The molecule has 0 saturated heterocycles. The average molecular weight is 212 g/mol. The van der Waals surface area contributed by atoms with Gasteiger partial charge >= 0.3 is 0 Å². The van der Waals surface area contributed by atoms with Gasteiger partial charge in [-0.05, 0) is 25.7 Å². The number of hydrogen-bond acceptors (Lipinski definition) is 2. The molecule has 88 valence electrons. The largest absolute Gasteiger partial charge is 0.389 e. The molecule has 1 atom stereocenters. The highest BCUT2D eigenvalue weighted by Crippen LogP contribution is 2.36. The summed E-state index contributed by atoms with van der Waals surface area (Å²) in [5.74, 6) is 0.219. The molecule has 0 aromatic heterocycles. The van der Waals surface area contributed by atoms with Gasteiger partial charge in [-0.25, -0.2) is 0 Å². The van der Waals surface area contributed by atoms with E-state index in [9.17, 15) is 9.90 Å². The van der Waals surface area contributed by atoms with Crippen LogP contribution in [0.5, 0.6) is 0 Å². The van der Waals surface area contributed by atoms with Gasteiger partial charge in [0, 0.05) is 12.3 Å². The zero-order valence-electron chi connectivity index (χ0n) is 10.1. The number of carbonyl (C=O) groups is 1. The Morgan fingerprint density at radius 3 is 2.33 bits per heavy atom. The minimum Gasteiger partial charge on any atom is -0.389 e. The maximum Gasteiger partial charge on any atom is 0.138 e. The summed E-state index contributed by atoms with van der Waals surface area (Å²) in [5, 5.41) is 10.6. The monoisotopic (exact) mass is 212 g/mol. The van der Waals surface area contributed by atoms with E-state index in [-0.39, 0.29) is 5.92 Å². The Labute approximate surface area is 93.1 Å². The van der Waals surface area contributed by atoms with Crippen molar-refractivity contribution in [3.05, 3.63) is 0 Å². The molecular weight excluding hydrogens is 188 g/mol. The lowest BCUT2D eigenvalue weighted by atomic mass is 9.72. The first-order chi connectivity index (χ1) is 7.14. The number of aliphatic hydroxyl groups is 1. The number of Topliss-reactive ketones (excluding diaryl/α,β-unsaturated/α-hetero) is 1. The fourth-order valence-electron chi connectivity index (χ4n) is 2.89. The van der Waals surface area contributed by atoms with Crippen LogP contribution < -0.4 is 0 Å². The van der Waals surface area contributed by atoms with Crippen LogP contribution in [0, 0.1) is 5.92 Å². The molecule has 0 spiro atoms. The Morgan fingerprint density at radius 1 is 1.27 bits per heavy atom. The highest BCUT2D eigenvalue weighted by atomic mass is 16.3. The molecule has 1 saturated carbocycles. The molecule has 0 aliphatic heterocycles. The Hall–Kier alpha value is -0.370. The topological polar surface area (TPSA) is 37.3 Å². The Balaban J connectivity index is 2.72. The summed E-state index contributed by atoms with van der Waals surface area (Å²) in [6.45, 7) is 4.15. The number of ketones is 1. The van der Waals surface area contributed by atoms with Gasteiger partial charge in [0.1, 0.15) is 5.78 Å². The van der Waals surface area contributed by atoms with Gasteiger partial charge in [0.25, 0.3) is 0 Å². The van der Waals surface area contributed by atoms with Crippen LogP contribution in [0.4, 0.5) is 0 Å². The lowest BCUT2D eigenvalue weighted by molar-refractivity contribution is -0.137. The van der Waals surface area contributed by atoms with Crippen molar-refractivity contribution in [2.75, 3.05) is 0 Å². The van der Waals surface area contributed by atoms with E-state index in [1.807, 2.05) is 0 Å². The predicted molar refractivity (Wildman–Crippen MR) is 61.7 cm³/mol. The molecule has 1 rings (SSSR count). The minimum atomic E-state index is -0.707. The Bertz CT molecular complexity index is 205. The van der Waals surface area contributed by atoms with Crippen molar-refractivity contribution in [1.29, 1.82) is 0 Å². The summed E-state index contributed by atoms with van der Waals surface area (Å²) in [6.07, 6.45) is 7.17. The van der Waals surface area contributed by atoms with Crippen LogP contribution in [0.2, 0.25) is 0 Å². The van der Waals surface area contributed by atoms with Gasteiger partial charge in [-0.1, -0.05) is 33.1 Å². The zero-order chi connectivity index (χ0) is 11.3. The van der Waals surface area contributed by atoms with E-state index >= 15 is 0 Å². The van der Waals surface area contributed by atoms with Crippen molar-refractivity contribution in [3.63, 3.8) is 0 Å². The SMILES string of the molecule is CCCC(O)(CCC)C1CCCCC1=O. The summed E-state index contributed by atoms with van der Waals surface area (Å²) in [5.41, 5.74) is -0.707. The molecule has 1 aliphatic carbocycles. The first-order valence-electron chi connectivity index (χ1n) is 6.39. The van der Waals surface area contributed by atoms with E-state index in [2.05, 4.69) is 13.8 Å². The fourth-order valence-corrected chi connectivity index (χ4v) is 2.89. The van der Waals surface area contributed by atoms with Crippen molar-refractivity contribution in [2.24, 2.45) is 5.92 Å². The molecule has 1 N–H and O–H groups in total. The first kappa shape index (κ1) is 12.7. The molecule has 15 heavy (non-hydrogen) atoms. The van der Waals surface area contributed by atoms with Crippen molar-refractivity contribution >= 4 is 5.78 Å². The molecule has 0 aromatic rings. The van der Waals surface area contributed by atoms with Crippen LogP contribution in [-0.4, -0.2) is 16.5 Å². The number of hydrogen-bond donors (Lipinski definition) is 1. The highest BCUT2D eigenvalue weighted by Gasteiger charge is 2.40. The minimum absolute atomic E-state index is 0.0776. The summed E-state index contributed by atoms with van der Waals surface area (Å²) < 4.78 is 0. The van der Waals surface area contributed by atoms with Gasteiger partial charge in [-0.3, -0.25) is 4.79 Å². The van der Waals surface area contributed by atoms with Gasteiger partial charge in [0.05, 0.1) is 5.60 Å². The molecular formula is C13H24O2. The third-order valence-electron chi connectivity index (χ3n) is 3.57. The van der Waals surface area contributed by atoms with E-state index in [1.165, 1.54) is 0 Å². The second-order valence-electron chi connectivity index (χ2n) is 4.87. The molecule has 0 heterocycles. The second kappa shape index (κ2) is 5.64. The van der Waals surface area contributed by atoms with Crippen molar-refractivity contribution in [2.45, 2.75) is 70.8 Å². The van der Waals surface area contributed by atoms with E-state index in [1.54, 1.807) is 0 Å². The molecule has 0 radical (unpaired) electrons. The molecule has 2 heteroatoms.